The molecule has 6 nitrogen and oxygen atoms in total. The van der Waals surface area contributed by atoms with Crippen molar-refractivity contribution < 1.29 is 9.53 Å². The number of hydrogen-bond donors (Lipinski definition) is 2. The summed E-state index contributed by atoms with van der Waals surface area (Å²) in [6, 6.07) is 0. The lowest BCUT2D eigenvalue weighted by Gasteiger charge is -2.23. The van der Waals surface area contributed by atoms with Crippen LogP contribution < -0.4 is 10.6 Å². The van der Waals surface area contributed by atoms with E-state index in [4.69, 9.17) is 4.74 Å². The molecule has 0 radical (unpaired) electrons. The van der Waals surface area contributed by atoms with Crippen molar-refractivity contribution in [1.82, 2.24) is 20.2 Å². The van der Waals surface area contributed by atoms with Crippen LogP contribution in [-0.2, 0) is 11.3 Å². The van der Waals surface area contributed by atoms with Crippen LogP contribution in [-0.4, -0.2) is 35.7 Å². The van der Waals surface area contributed by atoms with Crippen molar-refractivity contribution in [1.29, 1.82) is 0 Å². The van der Waals surface area contributed by atoms with Crippen LogP contribution in [0, 0.1) is 0 Å². The van der Waals surface area contributed by atoms with Crippen LogP contribution in [0.25, 0.3) is 0 Å². The van der Waals surface area contributed by atoms with Gasteiger partial charge in [0.05, 0.1) is 6.61 Å². The zero-order valence-electron chi connectivity index (χ0n) is 9.49. The number of carbonyl (C=O) groups excluding carboxylic acids is 1. The van der Waals surface area contributed by atoms with Gasteiger partial charge in [0, 0.05) is 19.3 Å². The van der Waals surface area contributed by atoms with Gasteiger partial charge in [-0.2, -0.15) is 0 Å². The minimum Gasteiger partial charge on any atom is -0.461 e. The Balaban J connectivity index is 2.25. The molecule has 0 spiro atoms. The summed E-state index contributed by atoms with van der Waals surface area (Å²) >= 11 is 0. The summed E-state index contributed by atoms with van der Waals surface area (Å²) < 4.78 is 6.90. The van der Waals surface area contributed by atoms with Crippen LogP contribution >= 0.6 is 0 Å². The van der Waals surface area contributed by atoms with E-state index >= 15 is 0 Å². The quantitative estimate of drug-likeness (QED) is 0.701. The van der Waals surface area contributed by atoms with E-state index in [9.17, 15) is 4.79 Å². The monoisotopic (exact) mass is 224 g/mol. The summed E-state index contributed by atoms with van der Waals surface area (Å²) in [6.07, 6.45) is 1.75. The highest BCUT2D eigenvalue weighted by atomic mass is 16.5. The van der Waals surface area contributed by atoms with E-state index in [1.54, 1.807) is 13.1 Å². The van der Waals surface area contributed by atoms with Gasteiger partial charge in [0.2, 0.25) is 0 Å². The number of rotatable bonds is 3. The molecule has 2 N–H and O–H groups in total. The van der Waals surface area contributed by atoms with E-state index < -0.39 is 0 Å². The van der Waals surface area contributed by atoms with Gasteiger partial charge in [-0.1, -0.05) is 0 Å². The van der Waals surface area contributed by atoms with Crippen LogP contribution in [0.3, 0.4) is 0 Å². The van der Waals surface area contributed by atoms with Crippen molar-refractivity contribution >= 4 is 5.97 Å². The van der Waals surface area contributed by atoms with E-state index in [2.05, 4.69) is 15.6 Å². The van der Waals surface area contributed by atoms with Gasteiger partial charge in [0.15, 0.2) is 5.69 Å². The number of ether oxygens (including phenoxy) is 1. The first-order valence-electron chi connectivity index (χ1n) is 5.41. The number of hydrogen-bond acceptors (Lipinski definition) is 5. The Bertz CT molecular complexity index is 388. The van der Waals surface area contributed by atoms with Gasteiger partial charge < -0.3 is 9.30 Å². The standard InChI is InChI=1S/C10H16N4O2/c1-3-16-10(15)7-6-14-5-4-12-8(11-2)9(14)13-7/h6,8,11-12H,3-5H2,1-2H3/t8-/m0/s1. The molecule has 2 rings (SSSR count). The van der Waals surface area contributed by atoms with Gasteiger partial charge in [-0.15, -0.1) is 0 Å². The third-order valence-corrected chi connectivity index (χ3v) is 2.54. The molecule has 1 aliphatic heterocycles. The summed E-state index contributed by atoms with van der Waals surface area (Å²) in [4.78, 5) is 15.8. The van der Waals surface area contributed by atoms with Crippen molar-refractivity contribution in [2.45, 2.75) is 19.6 Å². The van der Waals surface area contributed by atoms with E-state index in [1.807, 2.05) is 11.6 Å². The van der Waals surface area contributed by atoms with Gasteiger partial charge in [-0.25, -0.2) is 9.78 Å². The molecule has 0 aliphatic carbocycles. The Hall–Kier alpha value is -1.40. The minimum absolute atomic E-state index is 0.00285. The van der Waals surface area contributed by atoms with Crippen LogP contribution in [0.1, 0.15) is 29.4 Å². The maximum atomic E-state index is 11.5. The molecule has 1 atom stereocenters. The van der Waals surface area contributed by atoms with Crippen molar-refractivity contribution in [2.75, 3.05) is 20.2 Å². The molecular formula is C10H16N4O2. The SMILES string of the molecule is CCOC(=O)c1cn2c(n1)[C@@H](NC)NCC2. The fraction of sp³-hybridized carbons (Fsp3) is 0.600. The van der Waals surface area contributed by atoms with Crippen LogP contribution in [0.15, 0.2) is 6.20 Å². The number of fused-ring (bicyclic) bond motifs is 1. The molecule has 0 unspecified atom stereocenters. The average Bonchev–Trinajstić information content (AvgIpc) is 2.72. The zero-order valence-corrected chi connectivity index (χ0v) is 9.49. The third kappa shape index (κ3) is 1.94. The number of imidazole rings is 1. The largest absolute Gasteiger partial charge is 0.461 e. The van der Waals surface area contributed by atoms with Crippen LogP contribution in [0.4, 0.5) is 0 Å². The molecule has 2 heterocycles. The molecule has 1 aromatic rings. The van der Waals surface area contributed by atoms with E-state index in [1.165, 1.54) is 0 Å². The predicted octanol–water partition coefficient (Wildman–Crippen LogP) is -0.119. The van der Waals surface area contributed by atoms with E-state index in [-0.39, 0.29) is 12.1 Å². The highest BCUT2D eigenvalue weighted by Crippen LogP contribution is 2.14. The second-order valence-corrected chi connectivity index (χ2v) is 3.57. The van der Waals surface area contributed by atoms with Crippen LogP contribution in [0.2, 0.25) is 0 Å². The maximum Gasteiger partial charge on any atom is 0.358 e. The normalized spacial score (nSPS) is 19.2. The first kappa shape index (κ1) is 11.1. The molecule has 0 aromatic carbocycles. The average molecular weight is 224 g/mol. The molecular weight excluding hydrogens is 208 g/mol. The smallest absolute Gasteiger partial charge is 0.358 e. The first-order valence-corrected chi connectivity index (χ1v) is 5.41. The fourth-order valence-corrected chi connectivity index (χ4v) is 1.79. The number of carbonyl (C=O) groups is 1. The Morgan fingerprint density at radius 1 is 1.81 bits per heavy atom. The lowest BCUT2D eigenvalue weighted by Crippen LogP contribution is -2.40. The highest BCUT2D eigenvalue weighted by Gasteiger charge is 2.23. The zero-order chi connectivity index (χ0) is 11.5. The second kappa shape index (κ2) is 4.63. The Morgan fingerprint density at radius 2 is 2.62 bits per heavy atom. The van der Waals surface area contributed by atoms with Gasteiger partial charge >= 0.3 is 5.97 Å². The fourth-order valence-electron chi connectivity index (χ4n) is 1.79. The molecule has 6 heteroatoms. The molecule has 1 aromatic heterocycles. The number of nitrogens with one attached hydrogen (secondary N) is 2. The number of aromatic nitrogens is 2. The Morgan fingerprint density at radius 3 is 3.31 bits per heavy atom. The summed E-state index contributed by atoms with van der Waals surface area (Å²) in [5, 5.41) is 6.36. The summed E-state index contributed by atoms with van der Waals surface area (Å²) in [5.41, 5.74) is 0.376. The molecule has 1 aliphatic rings. The number of esters is 1. The second-order valence-electron chi connectivity index (χ2n) is 3.57. The lowest BCUT2D eigenvalue weighted by atomic mass is 10.3. The molecule has 0 bridgehead atoms. The summed E-state index contributed by atoms with van der Waals surface area (Å²) in [5.74, 6) is 0.469. The molecule has 0 fully saturated rings. The Kier molecular flexibility index (Phi) is 3.21. The molecule has 88 valence electrons. The van der Waals surface area contributed by atoms with Crippen molar-refractivity contribution in [3.63, 3.8) is 0 Å². The predicted molar refractivity (Wildman–Crippen MR) is 58.0 cm³/mol. The first-order chi connectivity index (χ1) is 7.76. The topological polar surface area (TPSA) is 68.2 Å². The summed E-state index contributed by atoms with van der Waals surface area (Å²) in [7, 11) is 1.85. The van der Waals surface area contributed by atoms with Crippen molar-refractivity contribution in [3.05, 3.63) is 17.7 Å². The molecule has 0 saturated heterocycles. The minimum atomic E-state index is -0.362. The highest BCUT2D eigenvalue weighted by molar-refractivity contribution is 5.87. The summed E-state index contributed by atoms with van der Waals surface area (Å²) in [6.45, 7) is 3.83. The van der Waals surface area contributed by atoms with Crippen molar-refractivity contribution in [3.8, 4) is 0 Å². The third-order valence-electron chi connectivity index (χ3n) is 2.54. The molecule has 0 amide bonds. The van der Waals surface area contributed by atoms with Gasteiger partial charge in [0.25, 0.3) is 0 Å². The van der Waals surface area contributed by atoms with Gasteiger partial charge in [-0.05, 0) is 14.0 Å². The van der Waals surface area contributed by atoms with E-state index in [0.29, 0.717) is 12.3 Å². The maximum absolute atomic E-state index is 11.5. The molecule has 0 saturated carbocycles. The van der Waals surface area contributed by atoms with Gasteiger partial charge in [-0.3, -0.25) is 10.6 Å². The molecule has 16 heavy (non-hydrogen) atoms. The number of nitrogens with zero attached hydrogens (tertiary/aromatic N) is 2. The van der Waals surface area contributed by atoms with Crippen LogP contribution in [0.5, 0.6) is 0 Å². The van der Waals surface area contributed by atoms with E-state index in [0.717, 1.165) is 18.9 Å². The van der Waals surface area contributed by atoms with Gasteiger partial charge in [0.1, 0.15) is 12.0 Å². The van der Waals surface area contributed by atoms with Crippen molar-refractivity contribution in [2.24, 2.45) is 0 Å². The lowest BCUT2D eigenvalue weighted by molar-refractivity contribution is 0.0520. The Labute approximate surface area is 94.0 Å².